The predicted molar refractivity (Wildman–Crippen MR) is 89.8 cm³/mol. The number of hydrogen-bond acceptors (Lipinski definition) is 5. The molecule has 7 heteroatoms. The van der Waals surface area contributed by atoms with Crippen LogP contribution >= 0.6 is 0 Å². The highest BCUT2D eigenvalue weighted by atomic mass is 16.5. The molecular weight excluding hydrogens is 320 g/mol. The van der Waals surface area contributed by atoms with Crippen LogP contribution in [0.4, 0.5) is 0 Å². The quantitative estimate of drug-likeness (QED) is 0.818. The molecule has 2 aliphatic rings. The number of likely N-dealkylation sites (tertiary alicyclic amines) is 1. The van der Waals surface area contributed by atoms with Crippen molar-refractivity contribution in [2.45, 2.75) is 18.6 Å². The van der Waals surface area contributed by atoms with Crippen molar-refractivity contribution in [3.63, 3.8) is 0 Å². The zero-order valence-corrected chi connectivity index (χ0v) is 14.3. The summed E-state index contributed by atoms with van der Waals surface area (Å²) in [5, 5.41) is 4.19. The first-order valence-electron chi connectivity index (χ1n) is 8.56. The fourth-order valence-electron chi connectivity index (χ4n) is 3.60. The van der Waals surface area contributed by atoms with E-state index in [1.807, 2.05) is 24.1 Å². The van der Waals surface area contributed by atoms with Crippen molar-refractivity contribution in [3.8, 4) is 0 Å². The van der Waals surface area contributed by atoms with Crippen molar-refractivity contribution in [1.29, 1.82) is 0 Å². The number of nitrogens with zero attached hydrogens (tertiary/aromatic N) is 4. The van der Waals surface area contributed by atoms with Crippen molar-refractivity contribution in [2.24, 2.45) is 13.0 Å². The van der Waals surface area contributed by atoms with Gasteiger partial charge in [-0.1, -0.05) is 0 Å². The minimum Gasteiger partial charge on any atom is -0.376 e. The van der Waals surface area contributed by atoms with Crippen molar-refractivity contribution in [1.82, 2.24) is 19.7 Å². The van der Waals surface area contributed by atoms with Gasteiger partial charge in [-0.05, 0) is 30.2 Å². The van der Waals surface area contributed by atoms with Gasteiger partial charge in [-0.25, -0.2) is 0 Å². The van der Waals surface area contributed by atoms with Crippen molar-refractivity contribution in [2.75, 3.05) is 26.3 Å². The van der Waals surface area contributed by atoms with Crippen LogP contribution in [0.15, 0.2) is 36.8 Å². The Hall–Kier alpha value is -2.25. The molecule has 4 heterocycles. The Balaban J connectivity index is 1.31. The number of aromatic nitrogens is 3. The fourth-order valence-corrected chi connectivity index (χ4v) is 3.60. The third kappa shape index (κ3) is 3.17. The van der Waals surface area contributed by atoms with Crippen molar-refractivity contribution < 1.29 is 14.3 Å². The molecule has 0 aliphatic carbocycles. The van der Waals surface area contributed by atoms with E-state index < -0.39 is 0 Å². The number of carbonyl (C=O) groups is 1. The summed E-state index contributed by atoms with van der Waals surface area (Å²) < 4.78 is 13.5. The standard InChI is InChI=1S/C18H22N4O3/c1-21-8-4-16(20-21)17(23)22-12-18(13-22)15(5-9-25-18)11-24-10-14-2-6-19-7-3-14/h2-4,6-8,15H,5,9-13H2,1H3/t15-/m0/s1. The largest absolute Gasteiger partial charge is 0.376 e. The molecule has 2 fully saturated rings. The van der Waals surface area contributed by atoms with Crippen LogP contribution in [0.25, 0.3) is 0 Å². The molecule has 7 nitrogen and oxygen atoms in total. The van der Waals surface area contributed by atoms with Crippen LogP contribution in [0.5, 0.6) is 0 Å². The molecular formula is C18H22N4O3. The first-order valence-corrected chi connectivity index (χ1v) is 8.56. The highest BCUT2D eigenvalue weighted by molar-refractivity contribution is 5.93. The Morgan fingerprint density at radius 3 is 2.88 bits per heavy atom. The summed E-state index contributed by atoms with van der Waals surface area (Å²) in [5.74, 6) is 0.292. The highest BCUT2D eigenvalue weighted by Crippen LogP contribution is 2.40. The molecule has 0 bridgehead atoms. The number of carbonyl (C=O) groups excluding carboxylic acids is 1. The molecule has 2 aliphatic heterocycles. The molecule has 1 amide bonds. The topological polar surface area (TPSA) is 69.5 Å². The zero-order chi connectivity index (χ0) is 17.3. The molecule has 4 rings (SSSR count). The summed E-state index contributed by atoms with van der Waals surface area (Å²) in [4.78, 5) is 18.3. The molecule has 2 aromatic rings. The lowest BCUT2D eigenvalue weighted by Crippen LogP contribution is -2.66. The first-order chi connectivity index (χ1) is 12.2. The van der Waals surface area contributed by atoms with Crippen LogP contribution in [0.3, 0.4) is 0 Å². The van der Waals surface area contributed by atoms with Gasteiger partial charge in [0.2, 0.25) is 0 Å². The van der Waals surface area contributed by atoms with E-state index >= 15 is 0 Å². The van der Waals surface area contributed by atoms with Gasteiger partial charge in [0.15, 0.2) is 0 Å². The van der Waals surface area contributed by atoms with Gasteiger partial charge in [0.1, 0.15) is 11.3 Å². The van der Waals surface area contributed by atoms with Gasteiger partial charge in [0.25, 0.3) is 5.91 Å². The SMILES string of the molecule is Cn1ccc(C(=O)N2CC3(C2)OCC[C@H]3COCc2ccncc2)n1. The molecule has 132 valence electrons. The normalized spacial score (nSPS) is 21.5. The molecule has 0 saturated carbocycles. The monoisotopic (exact) mass is 342 g/mol. The second-order valence-electron chi connectivity index (χ2n) is 6.81. The number of rotatable bonds is 5. The molecule has 2 saturated heterocycles. The van der Waals surface area contributed by atoms with Crippen LogP contribution in [-0.2, 0) is 23.1 Å². The number of ether oxygens (including phenoxy) is 2. The number of amides is 1. The Morgan fingerprint density at radius 2 is 2.16 bits per heavy atom. The van der Waals surface area contributed by atoms with Gasteiger partial charge in [0, 0.05) is 38.2 Å². The lowest BCUT2D eigenvalue weighted by atomic mass is 9.81. The van der Waals surface area contributed by atoms with Crippen LogP contribution in [0.2, 0.25) is 0 Å². The minimum absolute atomic E-state index is 0.0295. The van der Waals surface area contributed by atoms with Gasteiger partial charge in [-0.2, -0.15) is 5.10 Å². The van der Waals surface area contributed by atoms with E-state index in [1.54, 1.807) is 29.3 Å². The van der Waals surface area contributed by atoms with Gasteiger partial charge >= 0.3 is 0 Å². The fraction of sp³-hybridized carbons (Fsp3) is 0.500. The summed E-state index contributed by atoms with van der Waals surface area (Å²) in [6.45, 7) is 3.19. The second kappa shape index (κ2) is 6.57. The molecule has 0 unspecified atom stereocenters. The summed E-state index contributed by atoms with van der Waals surface area (Å²) in [6, 6.07) is 5.66. The first kappa shape index (κ1) is 16.2. The van der Waals surface area contributed by atoms with Crippen LogP contribution in [0, 0.1) is 5.92 Å². The van der Waals surface area contributed by atoms with E-state index in [9.17, 15) is 4.79 Å². The van der Waals surface area contributed by atoms with Crippen molar-refractivity contribution in [3.05, 3.63) is 48.0 Å². The molecule has 0 radical (unpaired) electrons. The lowest BCUT2D eigenvalue weighted by Gasteiger charge is -2.49. The predicted octanol–water partition coefficient (Wildman–Crippen LogP) is 1.26. The van der Waals surface area contributed by atoms with E-state index in [2.05, 4.69) is 10.1 Å². The number of aryl methyl sites for hydroxylation is 1. The van der Waals surface area contributed by atoms with E-state index in [0.29, 0.717) is 37.9 Å². The molecule has 0 aromatic carbocycles. The molecule has 1 atom stereocenters. The summed E-state index contributed by atoms with van der Waals surface area (Å²) >= 11 is 0. The second-order valence-corrected chi connectivity index (χ2v) is 6.81. The number of hydrogen-bond donors (Lipinski definition) is 0. The van der Waals surface area contributed by atoms with Crippen LogP contribution in [0.1, 0.15) is 22.5 Å². The van der Waals surface area contributed by atoms with Gasteiger partial charge in [-0.3, -0.25) is 14.5 Å². The van der Waals surface area contributed by atoms with Gasteiger partial charge in [0.05, 0.1) is 26.3 Å². The van der Waals surface area contributed by atoms with E-state index in [-0.39, 0.29) is 11.5 Å². The smallest absolute Gasteiger partial charge is 0.274 e. The molecule has 2 aromatic heterocycles. The maximum atomic E-state index is 12.4. The van der Waals surface area contributed by atoms with E-state index in [4.69, 9.17) is 9.47 Å². The highest BCUT2D eigenvalue weighted by Gasteiger charge is 2.54. The lowest BCUT2D eigenvalue weighted by molar-refractivity contribution is -0.129. The Kier molecular flexibility index (Phi) is 4.27. The molecule has 0 N–H and O–H groups in total. The maximum absolute atomic E-state index is 12.4. The summed E-state index contributed by atoms with van der Waals surface area (Å²) in [6.07, 6.45) is 6.30. The maximum Gasteiger partial charge on any atom is 0.274 e. The van der Waals surface area contributed by atoms with Gasteiger partial charge < -0.3 is 14.4 Å². The Morgan fingerprint density at radius 1 is 1.36 bits per heavy atom. The van der Waals surface area contributed by atoms with Crippen molar-refractivity contribution >= 4 is 5.91 Å². The Bertz CT molecular complexity index is 740. The van der Waals surface area contributed by atoms with E-state index in [1.165, 1.54) is 0 Å². The Labute approximate surface area is 146 Å². The van der Waals surface area contributed by atoms with E-state index in [0.717, 1.165) is 18.6 Å². The third-order valence-electron chi connectivity index (χ3n) is 5.07. The third-order valence-corrected chi connectivity index (χ3v) is 5.07. The average Bonchev–Trinajstić information content (AvgIpc) is 3.20. The average molecular weight is 342 g/mol. The van der Waals surface area contributed by atoms with Crippen LogP contribution < -0.4 is 0 Å². The zero-order valence-electron chi connectivity index (χ0n) is 14.3. The minimum atomic E-state index is -0.247. The molecule has 1 spiro atoms. The molecule has 25 heavy (non-hydrogen) atoms. The number of pyridine rings is 1. The summed E-state index contributed by atoms with van der Waals surface area (Å²) in [5.41, 5.74) is 1.35. The summed E-state index contributed by atoms with van der Waals surface area (Å²) in [7, 11) is 1.81. The van der Waals surface area contributed by atoms with Crippen LogP contribution in [-0.4, -0.2) is 57.5 Å². The van der Waals surface area contributed by atoms with Gasteiger partial charge in [-0.15, -0.1) is 0 Å².